The Hall–Kier alpha value is -7.92. The average molecular weight is 812 g/mol. The molecule has 0 atom stereocenters. The maximum atomic E-state index is 2.43. The normalized spacial score (nSPS) is 11.2. The number of anilines is 9. The molecular formula is C58H41N3S. The van der Waals surface area contributed by atoms with Gasteiger partial charge in [-0.15, -0.1) is 11.3 Å². The maximum Gasteiger partial charge on any atom is 0.0540 e. The van der Waals surface area contributed by atoms with E-state index in [1.165, 1.54) is 30.9 Å². The molecule has 0 saturated heterocycles. The standard InChI is InChI=1S/C58H41N3S/c1-5-22-45(23-6-1)59(46-24-7-2-8-25-46)51-38-44(39-52(40-51)60(47-26-9-3-10-27-47)48-28-11-4-12-29-48)43-21-17-30-49(37-43)61(56-33-18-20-42-19-13-14-31-53(42)56)50-35-36-58-55(41-50)54-32-15-16-34-57(54)62-58/h1-41H. The summed E-state index contributed by atoms with van der Waals surface area (Å²) >= 11 is 1.85. The molecule has 0 fully saturated rings. The van der Waals surface area contributed by atoms with Gasteiger partial charge in [0.05, 0.1) is 5.69 Å². The van der Waals surface area contributed by atoms with Gasteiger partial charge >= 0.3 is 0 Å². The van der Waals surface area contributed by atoms with Crippen LogP contribution in [0.25, 0.3) is 42.1 Å². The van der Waals surface area contributed by atoms with Gasteiger partial charge < -0.3 is 14.7 Å². The first-order valence-electron chi connectivity index (χ1n) is 21.0. The largest absolute Gasteiger partial charge is 0.310 e. The van der Waals surface area contributed by atoms with E-state index < -0.39 is 0 Å². The minimum absolute atomic E-state index is 1.05. The van der Waals surface area contributed by atoms with Gasteiger partial charge in [-0.1, -0.05) is 140 Å². The van der Waals surface area contributed by atoms with E-state index in [0.29, 0.717) is 0 Å². The van der Waals surface area contributed by atoms with Crippen LogP contribution in [0.5, 0.6) is 0 Å². The van der Waals surface area contributed by atoms with Gasteiger partial charge in [0, 0.05) is 71.1 Å². The van der Waals surface area contributed by atoms with Crippen molar-refractivity contribution in [2.75, 3.05) is 14.7 Å². The molecule has 294 valence electrons. The van der Waals surface area contributed by atoms with Crippen molar-refractivity contribution in [2.24, 2.45) is 0 Å². The number of hydrogen-bond donors (Lipinski definition) is 0. The van der Waals surface area contributed by atoms with Crippen LogP contribution in [0.15, 0.2) is 249 Å². The Morgan fingerprint density at radius 3 is 1.31 bits per heavy atom. The quantitative estimate of drug-likeness (QED) is 0.136. The van der Waals surface area contributed by atoms with Crippen LogP contribution in [-0.4, -0.2) is 0 Å². The van der Waals surface area contributed by atoms with E-state index in [-0.39, 0.29) is 0 Å². The summed E-state index contributed by atoms with van der Waals surface area (Å²) in [6.07, 6.45) is 0. The molecule has 0 radical (unpaired) electrons. The zero-order valence-electron chi connectivity index (χ0n) is 33.9. The first-order valence-corrected chi connectivity index (χ1v) is 21.8. The zero-order chi connectivity index (χ0) is 41.2. The molecule has 0 bridgehead atoms. The third kappa shape index (κ3) is 7.02. The Morgan fingerprint density at radius 2 is 0.694 bits per heavy atom. The van der Waals surface area contributed by atoms with Crippen LogP contribution >= 0.6 is 11.3 Å². The lowest BCUT2D eigenvalue weighted by atomic mass is 10.00. The summed E-state index contributed by atoms with van der Waals surface area (Å²) in [5.41, 5.74) is 12.0. The van der Waals surface area contributed by atoms with E-state index in [9.17, 15) is 0 Å². The number of benzene rings is 10. The van der Waals surface area contributed by atoms with Crippen LogP contribution in [0.4, 0.5) is 51.2 Å². The van der Waals surface area contributed by atoms with Gasteiger partial charge in [0.15, 0.2) is 0 Å². The average Bonchev–Trinajstić information content (AvgIpc) is 3.72. The highest BCUT2D eigenvalue weighted by atomic mass is 32.1. The van der Waals surface area contributed by atoms with E-state index in [1.54, 1.807) is 0 Å². The molecule has 3 nitrogen and oxygen atoms in total. The number of rotatable bonds is 10. The van der Waals surface area contributed by atoms with Crippen molar-refractivity contribution in [2.45, 2.75) is 0 Å². The molecule has 11 rings (SSSR count). The lowest BCUT2D eigenvalue weighted by molar-refractivity contribution is 1.25. The number of nitrogens with zero attached hydrogens (tertiary/aromatic N) is 3. The Labute approximate surface area is 366 Å². The van der Waals surface area contributed by atoms with Crippen LogP contribution in [0.1, 0.15) is 0 Å². The van der Waals surface area contributed by atoms with Crippen LogP contribution in [0.2, 0.25) is 0 Å². The van der Waals surface area contributed by atoms with Crippen molar-refractivity contribution in [3.63, 3.8) is 0 Å². The van der Waals surface area contributed by atoms with Gasteiger partial charge in [-0.25, -0.2) is 0 Å². The molecule has 0 aliphatic carbocycles. The minimum atomic E-state index is 1.05. The third-order valence-corrected chi connectivity index (χ3v) is 12.7. The highest BCUT2D eigenvalue weighted by Crippen LogP contribution is 2.46. The van der Waals surface area contributed by atoms with Gasteiger partial charge in [0.2, 0.25) is 0 Å². The van der Waals surface area contributed by atoms with Crippen molar-refractivity contribution in [3.05, 3.63) is 249 Å². The first-order chi connectivity index (χ1) is 30.7. The third-order valence-electron chi connectivity index (χ3n) is 11.5. The van der Waals surface area contributed by atoms with E-state index in [1.807, 2.05) is 11.3 Å². The molecule has 0 unspecified atom stereocenters. The number of fused-ring (bicyclic) bond motifs is 4. The van der Waals surface area contributed by atoms with Crippen LogP contribution in [0, 0.1) is 0 Å². The second kappa shape index (κ2) is 16.3. The summed E-state index contributed by atoms with van der Waals surface area (Å²) in [5, 5.41) is 4.95. The fraction of sp³-hybridized carbons (Fsp3) is 0. The molecule has 1 heterocycles. The maximum absolute atomic E-state index is 2.43. The predicted molar refractivity (Wildman–Crippen MR) is 266 cm³/mol. The molecule has 0 N–H and O–H groups in total. The van der Waals surface area contributed by atoms with Crippen LogP contribution in [-0.2, 0) is 0 Å². The fourth-order valence-corrected chi connectivity index (χ4v) is 9.82. The Kier molecular flexibility index (Phi) is 9.74. The molecule has 0 amide bonds. The molecule has 0 aliphatic rings. The Balaban J connectivity index is 1.14. The molecule has 11 aromatic rings. The van der Waals surface area contributed by atoms with E-state index >= 15 is 0 Å². The highest BCUT2D eigenvalue weighted by molar-refractivity contribution is 7.25. The fourth-order valence-electron chi connectivity index (χ4n) is 8.73. The molecule has 0 aliphatic heterocycles. The summed E-state index contributed by atoms with van der Waals surface area (Å²) in [6, 6.07) is 89.7. The summed E-state index contributed by atoms with van der Waals surface area (Å²) < 4.78 is 2.59. The second-order valence-electron chi connectivity index (χ2n) is 15.4. The number of para-hydroxylation sites is 4. The lowest BCUT2D eigenvalue weighted by Crippen LogP contribution is -2.13. The van der Waals surface area contributed by atoms with Gasteiger partial charge in [-0.3, -0.25) is 0 Å². The Morgan fingerprint density at radius 1 is 0.242 bits per heavy atom. The van der Waals surface area contributed by atoms with Crippen molar-refractivity contribution in [3.8, 4) is 11.1 Å². The van der Waals surface area contributed by atoms with Gasteiger partial charge in [-0.05, 0) is 126 Å². The topological polar surface area (TPSA) is 9.72 Å². The van der Waals surface area contributed by atoms with Crippen LogP contribution < -0.4 is 14.7 Å². The molecule has 0 spiro atoms. The monoisotopic (exact) mass is 811 g/mol. The number of thiophene rings is 1. The Bertz CT molecular complexity index is 3130. The molecule has 10 aromatic carbocycles. The minimum Gasteiger partial charge on any atom is -0.310 e. The summed E-state index contributed by atoms with van der Waals surface area (Å²) in [7, 11) is 0. The smallest absolute Gasteiger partial charge is 0.0540 e. The predicted octanol–water partition coefficient (Wildman–Crippen LogP) is 17.3. The summed E-state index contributed by atoms with van der Waals surface area (Å²) in [4.78, 5) is 7.14. The van der Waals surface area contributed by atoms with Crippen molar-refractivity contribution < 1.29 is 0 Å². The highest BCUT2D eigenvalue weighted by Gasteiger charge is 2.21. The number of hydrogen-bond acceptors (Lipinski definition) is 4. The van der Waals surface area contributed by atoms with Crippen LogP contribution in [0.3, 0.4) is 0 Å². The first kappa shape index (κ1) is 37.1. The van der Waals surface area contributed by atoms with Gasteiger partial charge in [0.1, 0.15) is 0 Å². The van der Waals surface area contributed by atoms with E-state index in [2.05, 4.69) is 263 Å². The van der Waals surface area contributed by atoms with Crippen molar-refractivity contribution in [1.29, 1.82) is 0 Å². The lowest BCUT2D eigenvalue weighted by Gasteiger charge is -2.30. The molecule has 62 heavy (non-hydrogen) atoms. The van der Waals surface area contributed by atoms with Crippen molar-refractivity contribution in [1.82, 2.24) is 0 Å². The zero-order valence-corrected chi connectivity index (χ0v) is 34.7. The molecular weight excluding hydrogens is 771 g/mol. The molecule has 4 heteroatoms. The van der Waals surface area contributed by atoms with Crippen molar-refractivity contribution >= 4 is 93.5 Å². The van der Waals surface area contributed by atoms with E-state index in [0.717, 1.165) is 62.3 Å². The summed E-state index contributed by atoms with van der Waals surface area (Å²) in [6.45, 7) is 0. The second-order valence-corrected chi connectivity index (χ2v) is 16.5. The summed E-state index contributed by atoms with van der Waals surface area (Å²) in [5.74, 6) is 0. The van der Waals surface area contributed by atoms with Gasteiger partial charge in [-0.2, -0.15) is 0 Å². The molecule has 0 saturated carbocycles. The van der Waals surface area contributed by atoms with Gasteiger partial charge in [0.25, 0.3) is 0 Å². The van der Waals surface area contributed by atoms with E-state index in [4.69, 9.17) is 0 Å². The molecule has 1 aromatic heterocycles. The SMILES string of the molecule is c1ccc(N(c2ccccc2)c2cc(-c3cccc(N(c4ccc5sc6ccccc6c5c4)c4cccc5ccccc45)c3)cc(N(c3ccccc3)c3ccccc3)c2)cc1.